The molecule has 2 aromatic rings. The Kier molecular flexibility index (Phi) is 3.98. The van der Waals surface area contributed by atoms with Crippen LogP contribution in [-0.2, 0) is 6.42 Å². The monoisotopic (exact) mass is 281 g/mol. The number of hydrogen-bond donors (Lipinski definition) is 2. The smallest absolute Gasteiger partial charge is 0.115 e. The molecule has 0 radical (unpaired) electrons. The molecule has 110 valence electrons. The second kappa shape index (κ2) is 5.90. The molecule has 1 fully saturated rings. The average molecular weight is 281 g/mol. The van der Waals surface area contributed by atoms with Crippen LogP contribution < -0.4 is 5.73 Å². The summed E-state index contributed by atoms with van der Waals surface area (Å²) in [5.41, 5.74) is 9.05. The fourth-order valence-corrected chi connectivity index (χ4v) is 3.50. The number of phenols is 1. The summed E-state index contributed by atoms with van der Waals surface area (Å²) >= 11 is 0. The molecule has 0 unspecified atom stereocenters. The molecule has 0 saturated heterocycles. The van der Waals surface area contributed by atoms with Crippen molar-refractivity contribution in [1.29, 1.82) is 0 Å². The first-order valence-corrected chi connectivity index (χ1v) is 7.76. The van der Waals surface area contributed by atoms with Gasteiger partial charge in [0.05, 0.1) is 0 Å². The van der Waals surface area contributed by atoms with Crippen molar-refractivity contribution in [3.05, 3.63) is 65.7 Å². The maximum atomic E-state index is 9.58. The van der Waals surface area contributed by atoms with Crippen LogP contribution in [0.25, 0.3) is 0 Å². The van der Waals surface area contributed by atoms with Crippen LogP contribution in [-0.4, -0.2) is 10.6 Å². The van der Waals surface area contributed by atoms with Crippen LogP contribution in [0.15, 0.2) is 54.6 Å². The van der Waals surface area contributed by atoms with Crippen molar-refractivity contribution in [3.63, 3.8) is 0 Å². The van der Waals surface area contributed by atoms with E-state index in [2.05, 4.69) is 36.4 Å². The molecule has 0 heterocycles. The molecule has 0 aromatic heterocycles. The molecule has 3 N–H and O–H groups in total. The van der Waals surface area contributed by atoms with Gasteiger partial charge in [-0.25, -0.2) is 0 Å². The van der Waals surface area contributed by atoms with E-state index in [9.17, 15) is 5.11 Å². The van der Waals surface area contributed by atoms with Crippen molar-refractivity contribution in [2.45, 2.75) is 43.6 Å². The third-order valence-electron chi connectivity index (χ3n) is 4.72. The second-order valence-electron chi connectivity index (χ2n) is 6.39. The van der Waals surface area contributed by atoms with Crippen LogP contribution >= 0.6 is 0 Å². The minimum Gasteiger partial charge on any atom is -0.508 e. The quantitative estimate of drug-likeness (QED) is 0.893. The molecule has 2 heteroatoms. The molecule has 1 aliphatic rings. The first-order valence-electron chi connectivity index (χ1n) is 7.76. The molecule has 2 aromatic carbocycles. The predicted octanol–water partition coefficient (Wildman–Crippen LogP) is 3.99. The molecule has 0 spiro atoms. The maximum absolute atomic E-state index is 9.58. The molecule has 0 aliphatic heterocycles. The van der Waals surface area contributed by atoms with Gasteiger partial charge in [-0.3, -0.25) is 0 Å². The number of aromatic hydroxyl groups is 1. The highest BCUT2D eigenvalue weighted by molar-refractivity contribution is 5.29. The number of benzene rings is 2. The van der Waals surface area contributed by atoms with E-state index >= 15 is 0 Å². The number of hydrogen-bond acceptors (Lipinski definition) is 2. The first kappa shape index (κ1) is 14.2. The van der Waals surface area contributed by atoms with Crippen molar-refractivity contribution in [1.82, 2.24) is 0 Å². The van der Waals surface area contributed by atoms with Gasteiger partial charge < -0.3 is 10.8 Å². The lowest BCUT2D eigenvalue weighted by atomic mass is 9.72. The van der Waals surface area contributed by atoms with Crippen LogP contribution in [0.1, 0.15) is 42.7 Å². The zero-order valence-corrected chi connectivity index (χ0v) is 12.3. The van der Waals surface area contributed by atoms with E-state index in [0.29, 0.717) is 11.7 Å². The van der Waals surface area contributed by atoms with E-state index in [1.54, 1.807) is 6.07 Å². The molecular weight excluding hydrogens is 258 g/mol. The SMILES string of the molecule is NC1(Cc2cccc(O)c2)CCC(c2ccccc2)CC1. The Bertz CT molecular complexity index is 586. The van der Waals surface area contributed by atoms with Crippen LogP contribution in [0, 0.1) is 0 Å². The minimum atomic E-state index is -0.126. The fraction of sp³-hybridized carbons (Fsp3) is 0.368. The third kappa shape index (κ3) is 3.45. The summed E-state index contributed by atoms with van der Waals surface area (Å²) in [6.45, 7) is 0. The maximum Gasteiger partial charge on any atom is 0.115 e. The van der Waals surface area contributed by atoms with Crippen LogP contribution in [0.5, 0.6) is 5.75 Å². The van der Waals surface area contributed by atoms with Crippen LogP contribution in [0.2, 0.25) is 0 Å². The summed E-state index contributed by atoms with van der Waals surface area (Å²) in [5, 5.41) is 9.58. The van der Waals surface area contributed by atoms with Crippen molar-refractivity contribution < 1.29 is 5.11 Å². The number of nitrogens with two attached hydrogens (primary N) is 1. The Hall–Kier alpha value is -1.80. The van der Waals surface area contributed by atoms with Gasteiger partial charge >= 0.3 is 0 Å². The molecule has 0 amide bonds. The summed E-state index contributed by atoms with van der Waals surface area (Å²) in [6.07, 6.45) is 5.24. The molecule has 21 heavy (non-hydrogen) atoms. The zero-order chi connectivity index (χ0) is 14.7. The lowest BCUT2D eigenvalue weighted by Gasteiger charge is -2.37. The van der Waals surface area contributed by atoms with E-state index in [4.69, 9.17) is 5.73 Å². The Morgan fingerprint density at radius 3 is 2.38 bits per heavy atom. The summed E-state index contributed by atoms with van der Waals surface area (Å²) in [7, 11) is 0. The molecular formula is C19H23NO. The summed E-state index contributed by atoms with van der Waals surface area (Å²) < 4.78 is 0. The number of rotatable bonds is 3. The van der Waals surface area contributed by atoms with E-state index in [1.165, 1.54) is 5.56 Å². The van der Waals surface area contributed by atoms with Gasteiger partial charge in [-0.1, -0.05) is 42.5 Å². The third-order valence-corrected chi connectivity index (χ3v) is 4.72. The second-order valence-corrected chi connectivity index (χ2v) is 6.39. The zero-order valence-electron chi connectivity index (χ0n) is 12.3. The standard InChI is InChI=1S/C19H23NO/c20-19(14-15-5-4-8-18(21)13-15)11-9-17(10-12-19)16-6-2-1-3-7-16/h1-8,13,17,21H,9-12,14,20H2. The molecule has 3 rings (SSSR count). The highest BCUT2D eigenvalue weighted by atomic mass is 16.3. The highest BCUT2D eigenvalue weighted by Gasteiger charge is 2.32. The molecule has 0 atom stereocenters. The van der Waals surface area contributed by atoms with Gasteiger partial charge in [0.25, 0.3) is 0 Å². The lowest BCUT2D eigenvalue weighted by Crippen LogP contribution is -2.45. The van der Waals surface area contributed by atoms with Gasteiger partial charge in [0.1, 0.15) is 5.75 Å². The van der Waals surface area contributed by atoms with Gasteiger partial charge in [-0.15, -0.1) is 0 Å². The normalized spacial score (nSPS) is 25.7. The molecule has 1 aliphatic carbocycles. The number of phenolic OH excluding ortho intramolecular Hbond substituents is 1. The van der Waals surface area contributed by atoms with E-state index in [0.717, 1.165) is 37.7 Å². The molecule has 2 nitrogen and oxygen atoms in total. The Balaban J connectivity index is 1.64. The van der Waals surface area contributed by atoms with Crippen LogP contribution in [0.4, 0.5) is 0 Å². The summed E-state index contributed by atoms with van der Waals surface area (Å²) in [4.78, 5) is 0. The summed E-state index contributed by atoms with van der Waals surface area (Å²) in [6, 6.07) is 18.2. The van der Waals surface area contributed by atoms with Crippen molar-refractivity contribution in [2.24, 2.45) is 5.73 Å². The van der Waals surface area contributed by atoms with Gasteiger partial charge in [0.15, 0.2) is 0 Å². The Morgan fingerprint density at radius 1 is 1.00 bits per heavy atom. The fourth-order valence-electron chi connectivity index (χ4n) is 3.50. The van der Waals surface area contributed by atoms with Crippen molar-refractivity contribution >= 4 is 0 Å². The largest absolute Gasteiger partial charge is 0.508 e. The lowest BCUT2D eigenvalue weighted by molar-refractivity contribution is 0.270. The van der Waals surface area contributed by atoms with Crippen LogP contribution in [0.3, 0.4) is 0 Å². The van der Waals surface area contributed by atoms with Crippen molar-refractivity contribution in [3.8, 4) is 5.75 Å². The highest BCUT2D eigenvalue weighted by Crippen LogP contribution is 2.38. The van der Waals surface area contributed by atoms with Gasteiger partial charge in [-0.2, -0.15) is 0 Å². The van der Waals surface area contributed by atoms with E-state index in [-0.39, 0.29) is 5.54 Å². The predicted molar refractivity (Wildman–Crippen MR) is 86.4 cm³/mol. The average Bonchev–Trinajstić information content (AvgIpc) is 2.48. The topological polar surface area (TPSA) is 46.2 Å². The van der Waals surface area contributed by atoms with E-state index < -0.39 is 0 Å². The Morgan fingerprint density at radius 2 is 1.71 bits per heavy atom. The first-order chi connectivity index (χ1) is 10.1. The van der Waals surface area contributed by atoms with E-state index in [1.807, 2.05) is 12.1 Å². The van der Waals surface area contributed by atoms with Crippen molar-refractivity contribution in [2.75, 3.05) is 0 Å². The molecule has 0 bridgehead atoms. The van der Waals surface area contributed by atoms with Gasteiger partial charge in [0, 0.05) is 5.54 Å². The van der Waals surface area contributed by atoms with Gasteiger partial charge in [0.2, 0.25) is 0 Å². The van der Waals surface area contributed by atoms with Gasteiger partial charge in [-0.05, 0) is 61.3 Å². The Labute approximate surface area is 126 Å². The minimum absolute atomic E-state index is 0.126. The molecule has 1 saturated carbocycles. The summed E-state index contributed by atoms with van der Waals surface area (Å²) in [5.74, 6) is 0.973.